The van der Waals surface area contributed by atoms with Crippen LogP contribution in [0.5, 0.6) is 0 Å². The number of nitrogens with zero attached hydrogens (tertiary/aromatic N) is 1. The second-order valence-electron chi connectivity index (χ2n) is 6.03. The molecule has 2 rings (SSSR count). The minimum atomic E-state index is -3.41. The Balaban J connectivity index is 2.15. The van der Waals surface area contributed by atoms with Gasteiger partial charge in [-0.2, -0.15) is 0 Å². The zero-order valence-corrected chi connectivity index (χ0v) is 15.2. The second-order valence-corrected chi connectivity index (χ2v) is 8.90. The molecule has 6 heteroatoms. The highest BCUT2D eigenvalue weighted by Crippen LogP contribution is 2.32. The minimum Gasteiger partial charge on any atom is -0.310 e. The molecule has 0 radical (unpaired) electrons. The van der Waals surface area contributed by atoms with Gasteiger partial charge in [0.05, 0.1) is 4.90 Å². The van der Waals surface area contributed by atoms with Gasteiger partial charge in [0.2, 0.25) is 10.0 Å². The summed E-state index contributed by atoms with van der Waals surface area (Å²) in [5, 5.41) is 3.32. The van der Waals surface area contributed by atoms with Crippen LogP contribution in [0.25, 0.3) is 0 Å². The Morgan fingerprint density at radius 1 is 1.38 bits per heavy atom. The lowest BCUT2D eigenvalue weighted by atomic mass is 10.2. The molecule has 1 aromatic carbocycles. The Labute approximate surface area is 136 Å². The van der Waals surface area contributed by atoms with Gasteiger partial charge in [0.25, 0.3) is 0 Å². The SMILES string of the molecule is CC(C)NCc1ccc(S(=O)(=O)N(C)CC2CC2)c(Br)c1. The fraction of sp³-hybridized carbons (Fsp3) is 0.600. The highest BCUT2D eigenvalue weighted by Gasteiger charge is 2.30. The van der Waals surface area contributed by atoms with Gasteiger partial charge in [-0.1, -0.05) is 19.9 Å². The lowest BCUT2D eigenvalue weighted by molar-refractivity contribution is 0.452. The highest BCUT2D eigenvalue weighted by atomic mass is 79.9. The van der Waals surface area contributed by atoms with Gasteiger partial charge in [0, 0.05) is 30.7 Å². The fourth-order valence-electron chi connectivity index (χ4n) is 2.12. The van der Waals surface area contributed by atoms with E-state index < -0.39 is 10.0 Å². The highest BCUT2D eigenvalue weighted by molar-refractivity contribution is 9.10. The Morgan fingerprint density at radius 2 is 2.05 bits per heavy atom. The third-order valence-corrected chi connectivity index (χ3v) is 6.41. The summed E-state index contributed by atoms with van der Waals surface area (Å²) < 4.78 is 27.2. The number of rotatable bonds is 7. The van der Waals surface area contributed by atoms with E-state index >= 15 is 0 Å². The maximum Gasteiger partial charge on any atom is 0.243 e. The lowest BCUT2D eigenvalue weighted by Crippen LogP contribution is -2.29. The first-order chi connectivity index (χ1) is 9.80. The molecule has 1 aromatic rings. The van der Waals surface area contributed by atoms with Gasteiger partial charge in [-0.05, 0) is 52.4 Å². The van der Waals surface area contributed by atoms with Crippen LogP contribution in [0.15, 0.2) is 27.6 Å². The summed E-state index contributed by atoms with van der Waals surface area (Å²) >= 11 is 3.41. The molecule has 1 aliphatic carbocycles. The zero-order chi connectivity index (χ0) is 15.6. The van der Waals surface area contributed by atoms with E-state index in [1.165, 1.54) is 4.31 Å². The summed E-state index contributed by atoms with van der Waals surface area (Å²) in [5.74, 6) is 0.540. The van der Waals surface area contributed by atoms with Gasteiger partial charge >= 0.3 is 0 Å². The smallest absolute Gasteiger partial charge is 0.243 e. The molecule has 0 aliphatic heterocycles. The Morgan fingerprint density at radius 3 is 2.57 bits per heavy atom. The van der Waals surface area contributed by atoms with Crippen molar-refractivity contribution in [3.05, 3.63) is 28.2 Å². The van der Waals surface area contributed by atoms with Crippen LogP contribution in [0.1, 0.15) is 32.3 Å². The first-order valence-electron chi connectivity index (χ1n) is 7.29. The average Bonchev–Trinajstić information content (AvgIpc) is 3.20. The predicted molar refractivity (Wildman–Crippen MR) is 88.7 cm³/mol. The molecular weight excluding hydrogens is 352 g/mol. The third-order valence-electron chi connectivity index (χ3n) is 3.61. The quantitative estimate of drug-likeness (QED) is 0.797. The van der Waals surface area contributed by atoms with Gasteiger partial charge in [-0.25, -0.2) is 12.7 Å². The van der Waals surface area contributed by atoms with Crippen molar-refractivity contribution in [1.82, 2.24) is 9.62 Å². The van der Waals surface area contributed by atoms with E-state index in [0.29, 0.717) is 27.9 Å². The maximum absolute atomic E-state index is 12.6. The van der Waals surface area contributed by atoms with Crippen molar-refractivity contribution >= 4 is 26.0 Å². The summed E-state index contributed by atoms with van der Waals surface area (Å²) in [7, 11) is -1.75. The van der Waals surface area contributed by atoms with Crippen molar-refractivity contribution in [3.8, 4) is 0 Å². The summed E-state index contributed by atoms with van der Waals surface area (Å²) in [4.78, 5) is 0.346. The predicted octanol–water partition coefficient (Wildman–Crippen LogP) is 2.98. The van der Waals surface area contributed by atoms with Crippen LogP contribution in [0.3, 0.4) is 0 Å². The van der Waals surface area contributed by atoms with E-state index in [-0.39, 0.29) is 0 Å². The van der Waals surface area contributed by atoms with E-state index in [0.717, 1.165) is 24.9 Å². The first-order valence-corrected chi connectivity index (χ1v) is 9.52. The number of hydrogen-bond acceptors (Lipinski definition) is 3. The molecule has 1 N–H and O–H groups in total. The second kappa shape index (κ2) is 6.77. The molecule has 0 atom stereocenters. The summed E-state index contributed by atoms with van der Waals surface area (Å²) in [5.41, 5.74) is 1.07. The number of halogens is 1. The lowest BCUT2D eigenvalue weighted by Gasteiger charge is -2.18. The molecule has 1 fully saturated rings. The molecule has 0 unspecified atom stereocenters. The van der Waals surface area contributed by atoms with E-state index in [1.807, 2.05) is 12.1 Å². The molecule has 1 saturated carbocycles. The number of hydrogen-bond donors (Lipinski definition) is 1. The molecule has 0 aromatic heterocycles. The Bertz CT molecular complexity index is 598. The topological polar surface area (TPSA) is 49.4 Å². The summed E-state index contributed by atoms with van der Waals surface area (Å²) in [6.45, 7) is 5.52. The standard InChI is InChI=1S/C15H23BrN2O2S/c1-11(2)17-9-13-6-7-15(14(16)8-13)21(19,20)18(3)10-12-4-5-12/h6-8,11-12,17H,4-5,9-10H2,1-3H3. The van der Waals surface area contributed by atoms with Crippen LogP contribution in [-0.2, 0) is 16.6 Å². The number of benzene rings is 1. The fourth-order valence-corrected chi connectivity index (χ4v) is 4.44. The molecule has 0 saturated heterocycles. The third kappa shape index (κ3) is 4.52. The Kier molecular flexibility index (Phi) is 5.46. The molecule has 21 heavy (non-hydrogen) atoms. The zero-order valence-electron chi connectivity index (χ0n) is 12.8. The van der Waals surface area contributed by atoms with Crippen molar-refractivity contribution in [2.45, 2.75) is 44.2 Å². The van der Waals surface area contributed by atoms with Gasteiger partial charge in [-0.15, -0.1) is 0 Å². The molecule has 118 valence electrons. The van der Waals surface area contributed by atoms with E-state index in [2.05, 4.69) is 35.1 Å². The number of sulfonamides is 1. The largest absolute Gasteiger partial charge is 0.310 e. The van der Waals surface area contributed by atoms with Crippen LogP contribution in [0.2, 0.25) is 0 Å². The Hall–Kier alpha value is -0.430. The molecule has 0 amide bonds. The van der Waals surface area contributed by atoms with Crippen molar-refractivity contribution in [3.63, 3.8) is 0 Å². The van der Waals surface area contributed by atoms with Crippen molar-refractivity contribution in [2.75, 3.05) is 13.6 Å². The average molecular weight is 375 g/mol. The summed E-state index contributed by atoms with van der Waals surface area (Å²) in [6.07, 6.45) is 2.28. The van der Waals surface area contributed by atoms with E-state index in [4.69, 9.17) is 0 Å². The van der Waals surface area contributed by atoms with Crippen LogP contribution >= 0.6 is 15.9 Å². The van der Waals surface area contributed by atoms with Crippen LogP contribution < -0.4 is 5.32 Å². The monoisotopic (exact) mass is 374 g/mol. The van der Waals surface area contributed by atoms with Gasteiger partial charge in [0.1, 0.15) is 0 Å². The summed E-state index contributed by atoms with van der Waals surface area (Å²) in [6, 6.07) is 5.85. The van der Waals surface area contributed by atoms with Crippen molar-refractivity contribution < 1.29 is 8.42 Å². The van der Waals surface area contributed by atoms with Gasteiger partial charge in [-0.3, -0.25) is 0 Å². The molecular formula is C15H23BrN2O2S. The molecule has 0 spiro atoms. The van der Waals surface area contributed by atoms with Gasteiger partial charge in [0.15, 0.2) is 0 Å². The molecule has 4 nitrogen and oxygen atoms in total. The van der Waals surface area contributed by atoms with Crippen LogP contribution in [-0.4, -0.2) is 32.4 Å². The minimum absolute atomic E-state index is 0.346. The van der Waals surface area contributed by atoms with E-state index in [1.54, 1.807) is 13.1 Å². The number of nitrogens with one attached hydrogen (secondary N) is 1. The molecule has 1 aliphatic rings. The van der Waals surface area contributed by atoms with Crippen molar-refractivity contribution in [1.29, 1.82) is 0 Å². The van der Waals surface area contributed by atoms with Gasteiger partial charge < -0.3 is 5.32 Å². The molecule has 0 heterocycles. The van der Waals surface area contributed by atoms with Crippen LogP contribution in [0, 0.1) is 5.92 Å². The van der Waals surface area contributed by atoms with E-state index in [9.17, 15) is 8.42 Å². The first kappa shape index (κ1) is 16.9. The van der Waals surface area contributed by atoms with Crippen molar-refractivity contribution in [2.24, 2.45) is 5.92 Å². The normalized spacial score (nSPS) is 15.9. The maximum atomic E-state index is 12.6. The van der Waals surface area contributed by atoms with Crippen LogP contribution in [0.4, 0.5) is 0 Å². The molecule has 0 bridgehead atoms.